The van der Waals surface area contributed by atoms with Gasteiger partial charge >= 0.3 is 6.09 Å². The van der Waals surface area contributed by atoms with E-state index in [2.05, 4.69) is 10.2 Å². The zero-order valence-corrected chi connectivity index (χ0v) is 23.2. The Balaban J connectivity index is 1.21. The number of para-hydroxylation sites is 1. The van der Waals surface area contributed by atoms with Gasteiger partial charge in [-0.05, 0) is 43.5 Å². The molecule has 0 atom stereocenters. The molecule has 0 aliphatic carbocycles. The highest BCUT2D eigenvalue weighted by Crippen LogP contribution is 2.28. The summed E-state index contributed by atoms with van der Waals surface area (Å²) in [4.78, 5) is 42.6. The van der Waals surface area contributed by atoms with E-state index in [0.29, 0.717) is 28.5 Å². The van der Waals surface area contributed by atoms with Crippen molar-refractivity contribution in [3.05, 3.63) is 76.5 Å². The molecule has 1 fully saturated rings. The maximum atomic E-state index is 12.8. The van der Waals surface area contributed by atoms with Crippen LogP contribution in [0, 0.1) is 0 Å². The summed E-state index contributed by atoms with van der Waals surface area (Å²) in [5.41, 5.74) is 2.68. The molecule has 9 nitrogen and oxygen atoms in total. The van der Waals surface area contributed by atoms with Gasteiger partial charge in [0.2, 0.25) is 0 Å². The third-order valence-electron chi connectivity index (χ3n) is 6.78. The molecular weight excluding hydrogens is 514 g/mol. The SMILES string of the molecule is CCN(N)C(=O)c1ccc(C(=O)N(C)CCN2CCC(OC(=O)Nc3ccccc3-c3ccccc3)CC2)s1. The molecule has 1 aliphatic rings. The summed E-state index contributed by atoms with van der Waals surface area (Å²) < 4.78 is 5.72. The summed E-state index contributed by atoms with van der Waals surface area (Å²) in [6, 6.07) is 20.9. The second-order valence-corrected chi connectivity index (χ2v) is 10.5. The van der Waals surface area contributed by atoms with E-state index < -0.39 is 6.09 Å². The van der Waals surface area contributed by atoms with Crippen molar-refractivity contribution in [3.8, 4) is 11.1 Å². The first-order valence-electron chi connectivity index (χ1n) is 13.1. The van der Waals surface area contributed by atoms with Crippen LogP contribution in [0.25, 0.3) is 11.1 Å². The molecule has 39 heavy (non-hydrogen) atoms. The fourth-order valence-corrected chi connectivity index (χ4v) is 5.39. The summed E-state index contributed by atoms with van der Waals surface area (Å²) in [6.07, 6.45) is 0.855. The molecule has 1 aliphatic heterocycles. The smallest absolute Gasteiger partial charge is 0.411 e. The Morgan fingerprint density at radius 3 is 2.31 bits per heavy atom. The highest BCUT2D eigenvalue weighted by atomic mass is 32.1. The molecule has 0 bridgehead atoms. The van der Waals surface area contributed by atoms with Crippen molar-refractivity contribution in [3.63, 3.8) is 0 Å². The van der Waals surface area contributed by atoms with Crippen LogP contribution in [0.2, 0.25) is 0 Å². The molecule has 206 valence electrons. The van der Waals surface area contributed by atoms with Crippen molar-refractivity contribution < 1.29 is 19.1 Å². The maximum Gasteiger partial charge on any atom is 0.411 e. The monoisotopic (exact) mass is 549 g/mol. The zero-order valence-electron chi connectivity index (χ0n) is 22.3. The van der Waals surface area contributed by atoms with Crippen LogP contribution < -0.4 is 11.2 Å². The van der Waals surface area contributed by atoms with Gasteiger partial charge in [0.25, 0.3) is 11.8 Å². The van der Waals surface area contributed by atoms with E-state index in [1.54, 1.807) is 31.0 Å². The van der Waals surface area contributed by atoms with Gasteiger partial charge in [0, 0.05) is 45.3 Å². The van der Waals surface area contributed by atoms with Crippen molar-refractivity contribution >= 4 is 34.9 Å². The number of anilines is 1. The predicted molar refractivity (Wildman–Crippen MR) is 154 cm³/mol. The minimum absolute atomic E-state index is 0.121. The van der Waals surface area contributed by atoms with E-state index in [0.717, 1.165) is 59.9 Å². The van der Waals surface area contributed by atoms with Gasteiger partial charge in [-0.2, -0.15) is 0 Å². The number of piperidine rings is 1. The van der Waals surface area contributed by atoms with Crippen LogP contribution >= 0.6 is 11.3 Å². The number of likely N-dealkylation sites (tertiary alicyclic amines) is 1. The van der Waals surface area contributed by atoms with Crippen molar-refractivity contribution in [2.75, 3.05) is 45.1 Å². The molecule has 0 radical (unpaired) electrons. The number of rotatable bonds is 9. The Labute approximate surface area is 233 Å². The third-order valence-corrected chi connectivity index (χ3v) is 7.85. The van der Waals surface area contributed by atoms with Gasteiger partial charge in [0.15, 0.2) is 0 Å². The number of nitrogens with zero attached hydrogens (tertiary/aromatic N) is 3. The first-order valence-corrected chi connectivity index (χ1v) is 13.9. The first-order chi connectivity index (χ1) is 18.9. The maximum absolute atomic E-state index is 12.8. The lowest BCUT2D eigenvalue weighted by Gasteiger charge is -2.32. The highest BCUT2D eigenvalue weighted by Gasteiger charge is 2.24. The topological polar surface area (TPSA) is 108 Å². The van der Waals surface area contributed by atoms with E-state index in [1.807, 2.05) is 54.6 Å². The van der Waals surface area contributed by atoms with Crippen molar-refractivity contribution in [2.24, 2.45) is 5.84 Å². The van der Waals surface area contributed by atoms with E-state index in [4.69, 9.17) is 10.6 Å². The lowest BCUT2D eigenvalue weighted by molar-refractivity contribution is 0.0541. The molecule has 4 rings (SSSR count). The fraction of sp³-hybridized carbons (Fsp3) is 0.345. The molecule has 3 N–H and O–H groups in total. The highest BCUT2D eigenvalue weighted by molar-refractivity contribution is 7.15. The molecule has 3 amide bonds. The van der Waals surface area contributed by atoms with E-state index >= 15 is 0 Å². The minimum atomic E-state index is -0.451. The predicted octanol–water partition coefficient (Wildman–Crippen LogP) is 4.54. The number of hydrogen-bond acceptors (Lipinski definition) is 7. The van der Waals surface area contributed by atoms with Crippen molar-refractivity contribution in [1.29, 1.82) is 0 Å². The second-order valence-electron chi connectivity index (χ2n) is 9.46. The number of amides is 3. The Morgan fingerprint density at radius 2 is 1.62 bits per heavy atom. The first kappa shape index (κ1) is 28.3. The number of hydrogen-bond donors (Lipinski definition) is 2. The molecule has 1 saturated heterocycles. The normalized spacial score (nSPS) is 14.0. The minimum Gasteiger partial charge on any atom is -0.446 e. The molecule has 0 unspecified atom stereocenters. The Hall–Kier alpha value is -3.73. The summed E-state index contributed by atoms with van der Waals surface area (Å²) >= 11 is 1.16. The molecular formula is C29H35N5O4S. The second kappa shape index (κ2) is 13.4. The quantitative estimate of drug-likeness (QED) is 0.231. The van der Waals surface area contributed by atoms with Gasteiger partial charge in [-0.1, -0.05) is 48.5 Å². The number of nitrogens with one attached hydrogen (secondary N) is 1. The number of carbonyl (C=O) groups is 3. The number of thiophene rings is 1. The van der Waals surface area contributed by atoms with Gasteiger partial charge < -0.3 is 14.5 Å². The largest absolute Gasteiger partial charge is 0.446 e. The van der Waals surface area contributed by atoms with Crippen LogP contribution in [0.3, 0.4) is 0 Å². The van der Waals surface area contributed by atoms with E-state index in [-0.39, 0.29) is 17.9 Å². The lowest BCUT2D eigenvalue weighted by Crippen LogP contribution is -2.42. The Bertz CT molecular complexity index is 1270. The van der Waals surface area contributed by atoms with Crippen LogP contribution in [0.4, 0.5) is 10.5 Å². The average molecular weight is 550 g/mol. The van der Waals surface area contributed by atoms with Gasteiger partial charge in [-0.3, -0.25) is 19.9 Å². The third kappa shape index (κ3) is 7.44. The summed E-state index contributed by atoms with van der Waals surface area (Å²) in [7, 11) is 1.76. The molecule has 2 aromatic carbocycles. The van der Waals surface area contributed by atoms with Crippen LogP contribution in [-0.4, -0.2) is 78.6 Å². The summed E-state index contributed by atoms with van der Waals surface area (Å²) in [5, 5.41) is 4.03. The summed E-state index contributed by atoms with van der Waals surface area (Å²) in [6.45, 7) is 5.02. The molecule has 2 heterocycles. The van der Waals surface area contributed by atoms with Gasteiger partial charge in [-0.15, -0.1) is 11.3 Å². The van der Waals surface area contributed by atoms with Gasteiger partial charge in [-0.25, -0.2) is 10.6 Å². The van der Waals surface area contributed by atoms with Crippen LogP contribution in [0.1, 0.15) is 39.1 Å². The lowest BCUT2D eigenvalue weighted by atomic mass is 10.0. The number of likely N-dealkylation sites (N-methyl/N-ethyl adjacent to an activating group) is 1. The van der Waals surface area contributed by atoms with Gasteiger partial charge in [0.05, 0.1) is 15.4 Å². The van der Waals surface area contributed by atoms with E-state index in [9.17, 15) is 14.4 Å². The van der Waals surface area contributed by atoms with Crippen molar-refractivity contribution in [2.45, 2.75) is 25.9 Å². The number of ether oxygens (including phenoxy) is 1. The Morgan fingerprint density at radius 1 is 0.974 bits per heavy atom. The molecule has 0 saturated carbocycles. The molecule has 1 aromatic heterocycles. The van der Waals surface area contributed by atoms with Crippen LogP contribution in [0.15, 0.2) is 66.7 Å². The van der Waals surface area contributed by atoms with Crippen LogP contribution in [-0.2, 0) is 4.74 Å². The molecule has 3 aromatic rings. The van der Waals surface area contributed by atoms with E-state index in [1.165, 1.54) is 0 Å². The molecule has 10 heteroatoms. The number of benzene rings is 2. The van der Waals surface area contributed by atoms with Crippen molar-refractivity contribution in [1.82, 2.24) is 14.8 Å². The average Bonchev–Trinajstić information content (AvgIpc) is 3.46. The fourth-order valence-electron chi connectivity index (χ4n) is 4.44. The molecule has 0 spiro atoms. The van der Waals surface area contributed by atoms with Gasteiger partial charge in [0.1, 0.15) is 6.10 Å². The number of hydrazine groups is 1. The standard InChI is InChI=1S/C29H35N5O4S/c1-3-34(30)28(36)26-14-13-25(39-26)27(35)32(2)19-20-33-17-15-22(16-18-33)38-29(37)31-24-12-8-7-11-23(24)21-9-5-4-6-10-21/h4-14,22H,3,15-20,30H2,1-2H3,(H,31,37). The Kier molecular flexibility index (Phi) is 9.69. The summed E-state index contributed by atoms with van der Waals surface area (Å²) in [5.74, 6) is 5.27. The van der Waals surface area contributed by atoms with Crippen LogP contribution in [0.5, 0.6) is 0 Å². The number of carbonyl (C=O) groups excluding carboxylic acids is 3. The number of nitrogens with two attached hydrogens (primary N) is 1. The zero-order chi connectivity index (χ0) is 27.8.